The van der Waals surface area contributed by atoms with Gasteiger partial charge in [-0.15, -0.1) is 0 Å². The maximum Gasteiger partial charge on any atom is 0.332 e. The van der Waals surface area contributed by atoms with Crippen molar-refractivity contribution in [1.29, 1.82) is 0 Å². The van der Waals surface area contributed by atoms with Crippen LogP contribution >= 0.6 is 0 Å². The van der Waals surface area contributed by atoms with Gasteiger partial charge in [0.1, 0.15) is 5.78 Å². The highest BCUT2D eigenvalue weighted by Gasteiger charge is 2.26. The van der Waals surface area contributed by atoms with Crippen LogP contribution in [0.15, 0.2) is 15.9 Å². The summed E-state index contributed by atoms with van der Waals surface area (Å²) in [6.45, 7) is 1.19. The largest absolute Gasteiger partial charge is 0.332 e. The summed E-state index contributed by atoms with van der Waals surface area (Å²) >= 11 is 0. The minimum atomic E-state index is -0.318. The lowest BCUT2D eigenvalue weighted by Crippen LogP contribution is -2.41. The van der Waals surface area contributed by atoms with E-state index in [1.807, 2.05) is 4.57 Å². The first-order valence-electron chi connectivity index (χ1n) is 8.71. The Morgan fingerprint density at radius 1 is 1.04 bits per heavy atom. The number of aromatic nitrogens is 4. The number of hydrogen-bond acceptors (Lipinski definition) is 4. The van der Waals surface area contributed by atoms with Gasteiger partial charge in [-0.2, -0.15) is 0 Å². The van der Waals surface area contributed by atoms with Gasteiger partial charge in [-0.25, -0.2) is 9.78 Å². The highest BCUT2D eigenvalue weighted by Crippen LogP contribution is 2.31. The van der Waals surface area contributed by atoms with E-state index in [0.717, 1.165) is 19.4 Å². The fourth-order valence-electron chi connectivity index (χ4n) is 3.64. The Bertz CT molecular complexity index is 906. The summed E-state index contributed by atoms with van der Waals surface area (Å²) in [5.74, 6) is 1.12. The Morgan fingerprint density at radius 3 is 2.38 bits per heavy atom. The van der Waals surface area contributed by atoms with E-state index >= 15 is 0 Å². The Kier molecular flexibility index (Phi) is 3.66. The van der Waals surface area contributed by atoms with Crippen LogP contribution in [0.5, 0.6) is 0 Å². The van der Waals surface area contributed by atoms with Crippen molar-refractivity contribution in [3.05, 3.63) is 27.2 Å². The zero-order valence-corrected chi connectivity index (χ0v) is 13.9. The summed E-state index contributed by atoms with van der Waals surface area (Å²) in [7, 11) is 1.67. The Morgan fingerprint density at radius 2 is 1.71 bits per heavy atom. The molecule has 2 aliphatic carbocycles. The van der Waals surface area contributed by atoms with Gasteiger partial charge >= 0.3 is 5.69 Å². The van der Waals surface area contributed by atoms with Crippen LogP contribution in [0, 0.1) is 11.8 Å². The predicted octanol–water partition coefficient (Wildman–Crippen LogP) is 1.07. The van der Waals surface area contributed by atoms with Crippen molar-refractivity contribution >= 4 is 16.9 Å². The number of imidazole rings is 1. The maximum absolute atomic E-state index is 12.9. The number of ketones is 1. The van der Waals surface area contributed by atoms with Crippen molar-refractivity contribution in [2.75, 3.05) is 0 Å². The Labute approximate surface area is 138 Å². The average molecular weight is 330 g/mol. The second-order valence-corrected chi connectivity index (χ2v) is 7.25. The number of carbonyl (C=O) groups is 1. The fraction of sp³-hybridized carbons (Fsp3) is 0.647. The minimum Gasteiger partial charge on any atom is -0.324 e. The minimum absolute atomic E-state index is 0.213. The van der Waals surface area contributed by atoms with Crippen LogP contribution in [0.1, 0.15) is 38.5 Å². The van der Waals surface area contributed by atoms with Crippen molar-refractivity contribution < 1.29 is 4.79 Å². The van der Waals surface area contributed by atoms with Crippen LogP contribution in [0.3, 0.4) is 0 Å². The molecule has 2 aromatic heterocycles. The average Bonchev–Trinajstić information content (AvgIpc) is 3.28. The molecule has 7 nitrogen and oxygen atoms in total. The third kappa shape index (κ3) is 2.61. The number of carbonyl (C=O) groups excluding carboxylic acids is 1. The van der Waals surface area contributed by atoms with E-state index in [9.17, 15) is 14.4 Å². The van der Waals surface area contributed by atoms with E-state index in [2.05, 4.69) is 4.98 Å². The normalized spacial score (nSPS) is 19.3. The van der Waals surface area contributed by atoms with Gasteiger partial charge in [-0.1, -0.05) is 0 Å². The van der Waals surface area contributed by atoms with Crippen molar-refractivity contribution in [1.82, 2.24) is 18.7 Å². The molecule has 0 radical (unpaired) electrons. The van der Waals surface area contributed by atoms with Gasteiger partial charge in [0.15, 0.2) is 11.2 Å². The van der Waals surface area contributed by atoms with E-state index in [1.165, 1.54) is 22.0 Å². The third-order valence-electron chi connectivity index (χ3n) is 5.36. The van der Waals surface area contributed by atoms with E-state index in [0.29, 0.717) is 36.5 Å². The van der Waals surface area contributed by atoms with Crippen LogP contribution in [-0.4, -0.2) is 24.5 Å². The smallest absolute Gasteiger partial charge is 0.324 e. The standard InChI is InChI=1S/C17H22N4O3/c1-19-15-14(20(10-18-15)8-11-2-3-11)16(23)21(17(19)24)9-12-4-6-13(22)7-5-12/h10-12H,2-9H2,1H3. The van der Waals surface area contributed by atoms with Gasteiger partial charge in [0.25, 0.3) is 5.56 Å². The summed E-state index contributed by atoms with van der Waals surface area (Å²) in [5, 5.41) is 0. The molecular formula is C17H22N4O3. The molecule has 24 heavy (non-hydrogen) atoms. The van der Waals surface area contributed by atoms with Crippen LogP contribution in [0.2, 0.25) is 0 Å². The monoisotopic (exact) mass is 330 g/mol. The van der Waals surface area contributed by atoms with Crippen molar-refractivity contribution in [3.8, 4) is 0 Å². The van der Waals surface area contributed by atoms with E-state index in [1.54, 1.807) is 13.4 Å². The van der Waals surface area contributed by atoms with Crippen molar-refractivity contribution in [2.24, 2.45) is 18.9 Å². The zero-order valence-electron chi connectivity index (χ0n) is 13.9. The summed E-state index contributed by atoms with van der Waals surface area (Å²) in [6.07, 6.45) is 6.68. The second kappa shape index (κ2) is 5.72. The lowest BCUT2D eigenvalue weighted by Gasteiger charge is -2.21. The highest BCUT2D eigenvalue weighted by atomic mass is 16.2. The van der Waals surface area contributed by atoms with E-state index in [4.69, 9.17) is 0 Å². The molecule has 4 rings (SSSR count). The van der Waals surface area contributed by atoms with Crippen LogP contribution < -0.4 is 11.2 Å². The number of Topliss-reactive ketones (excluding diaryl/α,β-unsaturated/α-hetero) is 1. The maximum atomic E-state index is 12.9. The van der Waals surface area contributed by atoms with Gasteiger partial charge < -0.3 is 4.57 Å². The lowest BCUT2D eigenvalue weighted by molar-refractivity contribution is -0.121. The molecule has 0 unspecified atom stereocenters. The molecule has 0 aromatic carbocycles. The van der Waals surface area contributed by atoms with Gasteiger partial charge in [0.05, 0.1) is 6.33 Å². The third-order valence-corrected chi connectivity index (χ3v) is 5.36. The molecule has 2 saturated carbocycles. The second-order valence-electron chi connectivity index (χ2n) is 7.25. The highest BCUT2D eigenvalue weighted by molar-refractivity contribution is 5.79. The first kappa shape index (κ1) is 15.4. The van der Waals surface area contributed by atoms with Crippen LogP contribution in [-0.2, 0) is 24.9 Å². The molecule has 128 valence electrons. The van der Waals surface area contributed by atoms with E-state index in [-0.39, 0.29) is 23.0 Å². The van der Waals surface area contributed by atoms with Crippen molar-refractivity contribution in [2.45, 2.75) is 51.6 Å². The van der Waals surface area contributed by atoms with Crippen LogP contribution in [0.4, 0.5) is 0 Å². The molecule has 0 N–H and O–H groups in total. The molecule has 0 atom stereocenters. The molecule has 0 saturated heterocycles. The summed E-state index contributed by atoms with van der Waals surface area (Å²) in [4.78, 5) is 41.2. The lowest BCUT2D eigenvalue weighted by atomic mass is 9.88. The number of nitrogens with zero attached hydrogens (tertiary/aromatic N) is 4. The number of rotatable bonds is 4. The summed E-state index contributed by atoms with van der Waals surface area (Å²) < 4.78 is 4.71. The topological polar surface area (TPSA) is 78.9 Å². The fourth-order valence-corrected chi connectivity index (χ4v) is 3.64. The molecule has 0 bridgehead atoms. The van der Waals surface area contributed by atoms with E-state index < -0.39 is 0 Å². The Balaban J connectivity index is 1.75. The SMILES string of the molecule is Cn1c(=O)n(CC2CCC(=O)CC2)c(=O)c2c1ncn2CC1CC1. The number of aryl methyl sites for hydroxylation is 1. The summed E-state index contributed by atoms with van der Waals surface area (Å²) in [5.41, 5.74) is 0.417. The number of fused-ring (bicyclic) bond motifs is 1. The predicted molar refractivity (Wildman–Crippen MR) is 88.9 cm³/mol. The first-order chi connectivity index (χ1) is 11.5. The molecule has 2 heterocycles. The zero-order chi connectivity index (χ0) is 16.8. The number of hydrogen-bond donors (Lipinski definition) is 0. The molecule has 2 fully saturated rings. The van der Waals surface area contributed by atoms with Gasteiger partial charge in [0, 0.05) is 33.0 Å². The van der Waals surface area contributed by atoms with Crippen molar-refractivity contribution in [3.63, 3.8) is 0 Å². The Hall–Kier alpha value is -2.18. The quantitative estimate of drug-likeness (QED) is 0.840. The van der Waals surface area contributed by atoms with Gasteiger partial charge in [0.2, 0.25) is 0 Å². The molecule has 0 aliphatic heterocycles. The van der Waals surface area contributed by atoms with Gasteiger partial charge in [-0.05, 0) is 37.5 Å². The molecule has 2 aliphatic rings. The molecular weight excluding hydrogens is 308 g/mol. The molecule has 2 aromatic rings. The molecule has 0 amide bonds. The van der Waals surface area contributed by atoms with Gasteiger partial charge in [-0.3, -0.25) is 18.7 Å². The first-order valence-corrected chi connectivity index (χ1v) is 8.71. The summed E-state index contributed by atoms with van der Waals surface area (Å²) in [6, 6.07) is 0. The van der Waals surface area contributed by atoms with Crippen LogP contribution in [0.25, 0.3) is 11.2 Å². The molecule has 7 heteroatoms. The molecule has 0 spiro atoms.